The molecule has 6 heteroatoms. The molecule has 160 valence electrons. The van der Waals surface area contributed by atoms with Crippen LogP contribution in [-0.4, -0.2) is 27.9 Å². The fourth-order valence-electron chi connectivity index (χ4n) is 4.18. The van der Waals surface area contributed by atoms with Crippen LogP contribution in [0, 0.1) is 0 Å². The Bertz CT molecular complexity index is 1170. The first-order valence-electron chi connectivity index (χ1n) is 10.6. The van der Waals surface area contributed by atoms with Gasteiger partial charge in [-0.15, -0.1) is 0 Å². The van der Waals surface area contributed by atoms with E-state index < -0.39 is 0 Å². The van der Waals surface area contributed by atoms with Crippen LogP contribution >= 0.6 is 11.8 Å². The van der Waals surface area contributed by atoms with Gasteiger partial charge in [0.1, 0.15) is 0 Å². The summed E-state index contributed by atoms with van der Waals surface area (Å²) in [6.45, 7) is 6.37. The molecule has 0 aliphatic heterocycles. The second kappa shape index (κ2) is 8.71. The third-order valence-corrected chi connectivity index (χ3v) is 6.84. The van der Waals surface area contributed by atoms with Gasteiger partial charge < -0.3 is 4.74 Å². The average Bonchev–Trinajstić information content (AvgIpc) is 2.78. The molecule has 0 amide bonds. The van der Waals surface area contributed by atoms with Crippen molar-refractivity contribution in [2.45, 2.75) is 44.2 Å². The number of hydrogen-bond acceptors (Lipinski definition) is 5. The minimum atomic E-state index is -0.321. The first kappa shape index (κ1) is 21.4. The van der Waals surface area contributed by atoms with Gasteiger partial charge in [0.05, 0.1) is 29.3 Å². The predicted octanol–water partition coefficient (Wildman–Crippen LogP) is 4.78. The molecular weight excluding hydrogens is 408 g/mol. The molecule has 3 aromatic rings. The fourth-order valence-corrected chi connectivity index (χ4v) is 4.99. The largest absolute Gasteiger partial charge is 0.465 e. The van der Waals surface area contributed by atoms with Gasteiger partial charge in [0.2, 0.25) is 0 Å². The van der Waals surface area contributed by atoms with E-state index in [1.165, 1.54) is 17.3 Å². The van der Waals surface area contributed by atoms with E-state index in [2.05, 4.69) is 19.9 Å². The number of esters is 1. The molecule has 1 aliphatic rings. The average molecular weight is 435 g/mol. The van der Waals surface area contributed by atoms with Crippen LogP contribution in [0.25, 0.3) is 16.9 Å². The zero-order valence-electron chi connectivity index (χ0n) is 18.1. The third-order valence-electron chi connectivity index (χ3n) is 5.93. The summed E-state index contributed by atoms with van der Waals surface area (Å²) in [5, 5.41) is 0.498. The second-order valence-electron chi connectivity index (χ2n) is 7.94. The van der Waals surface area contributed by atoms with E-state index in [0.29, 0.717) is 11.8 Å². The van der Waals surface area contributed by atoms with Crippen LogP contribution in [0.4, 0.5) is 0 Å². The number of hydrogen-bond donors (Lipinski definition) is 0. The Hall–Kier alpha value is -2.86. The van der Waals surface area contributed by atoms with Crippen molar-refractivity contribution in [3.8, 4) is 16.9 Å². The van der Waals surface area contributed by atoms with Crippen molar-refractivity contribution < 1.29 is 9.53 Å². The van der Waals surface area contributed by atoms with Gasteiger partial charge in [-0.05, 0) is 37.5 Å². The Kier molecular flexibility index (Phi) is 6.01. The number of aromatic nitrogens is 2. The van der Waals surface area contributed by atoms with Crippen molar-refractivity contribution in [3.63, 3.8) is 0 Å². The molecule has 0 unspecified atom stereocenters. The molecule has 2 aromatic carbocycles. The van der Waals surface area contributed by atoms with Gasteiger partial charge in [0, 0.05) is 11.0 Å². The van der Waals surface area contributed by atoms with Gasteiger partial charge in [-0.3, -0.25) is 14.2 Å². The van der Waals surface area contributed by atoms with E-state index in [-0.39, 0.29) is 22.7 Å². The number of thioether (sulfide) groups is 1. The highest BCUT2D eigenvalue weighted by Gasteiger charge is 2.38. The van der Waals surface area contributed by atoms with Crippen LogP contribution in [-0.2, 0) is 21.4 Å². The normalized spacial score (nSPS) is 17.0. The van der Waals surface area contributed by atoms with Crippen LogP contribution in [0.5, 0.6) is 0 Å². The molecule has 1 aliphatic carbocycles. The lowest BCUT2D eigenvalue weighted by atomic mass is 9.69. The lowest BCUT2D eigenvalue weighted by Gasteiger charge is -2.35. The smallest absolute Gasteiger partial charge is 0.316 e. The van der Waals surface area contributed by atoms with E-state index in [1.54, 1.807) is 11.5 Å². The molecule has 0 radical (unpaired) electrons. The molecule has 5 nitrogen and oxygen atoms in total. The number of carbonyl (C=O) groups is 1. The molecule has 1 atom stereocenters. The number of ether oxygens (including phenoxy) is 1. The SMILES string of the molecule is CCOC(=O)CSc1nc2c(c(=O)n1-c1ccccc1)[C@](C)(CC)Cc1ccccc1-2. The van der Waals surface area contributed by atoms with Crippen molar-refractivity contribution in [3.05, 3.63) is 76.1 Å². The molecule has 1 heterocycles. The minimum Gasteiger partial charge on any atom is -0.465 e. The molecule has 0 saturated heterocycles. The summed E-state index contributed by atoms with van der Waals surface area (Å²) in [4.78, 5) is 31.0. The highest BCUT2D eigenvalue weighted by Crippen LogP contribution is 2.43. The monoisotopic (exact) mass is 434 g/mol. The van der Waals surface area contributed by atoms with Gasteiger partial charge in [-0.1, -0.05) is 68.1 Å². The summed E-state index contributed by atoms with van der Waals surface area (Å²) in [6.07, 6.45) is 1.63. The van der Waals surface area contributed by atoms with E-state index in [9.17, 15) is 9.59 Å². The molecule has 1 aromatic heterocycles. The molecule has 4 rings (SSSR count). The summed E-state index contributed by atoms with van der Waals surface area (Å²) >= 11 is 1.24. The van der Waals surface area contributed by atoms with Gasteiger partial charge in [-0.25, -0.2) is 4.98 Å². The zero-order valence-corrected chi connectivity index (χ0v) is 18.9. The van der Waals surface area contributed by atoms with Crippen LogP contribution in [0.3, 0.4) is 0 Å². The van der Waals surface area contributed by atoms with E-state index >= 15 is 0 Å². The summed E-state index contributed by atoms with van der Waals surface area (Å²) in [5.41, 5.74) is 4.04. The van der Waals surface area contributed by atoms with Crippen molar-refractivity contribution in [2.24, 2.45) is 0 Å². The molecule has 0 bridgehead atoms. The molecule has 31 heavy (non-hydrogen) atoms. The number of rotatable bonds is 6. The maximum atomic E-state index is 14.0. The number of nitrogens with zero attached hydrogens (tertiary/aromatic N) is 2. The zero-order chi connectivity index (χ0) is 22.0. The highest BCUT2D eigenvalue weighted by atomic mass is 32.2. The summed E-state index contributed by atoms with van der Waals surface area (Å²) < 4.78 is 6.73. The van der Waals surface area contributed by atoms with Crippen LogP contribution in [0.1, 0.15) is 38.3 Å². The molecule has 0 saturated carbocycles. The standard InChI is InChI=1S/C25H26N2O3S/c1-4-25(3)15-17-11-9-10-14-19(17)22-21(25)23(29)27(18-12-7-6-8-13-18)24(26-22)31-16-20(28)30-5-2/h6-14H,4-5,15-16H2,1-3H3/t25-/m1/s1. The quantitative estimate of drug-likeness (QED) is 0.317. The van der Waals surface area contributed by atoms with Crippen LogP contribution in [0.2, 0.25) is 0 Å². The number of carbonyl (C=O) groups excluding carboxylic acids is 1. The first-order valence-corrected chi connectivity index (χ1v) is 11.6. The minimum absolute atomic E-state index is 0.0681. The van der Waals surface area contributed by atoms with E-state index in [0.717, 1.165) is 35.3 Å². The Morgan fingerprint density at radius 2 is 1.84 bits per heavy atom. The third kappa shape index (κ3) is 3.92. The molecular formula is C25H26N2O3S. The van der Waals surface area contributed by atoms with Crippen LogP contribution < -0.4 is 5.56 Å². The number of fused-ring (bicyclic) bond motifs is 3. The van der Waals surface area contributed by atoms with Crippen molar-refractivity contribution >= 4 is 17.7 Å². The lowest BCUT2D eigenvalue weighted by molar-refractivity contribution is -0.139. The molecule has 0 fully saturated rings. The fraction of sp³-hybridized carbons (Fsp3) is 0.320. The maximum Gasteiger partial charge on any atom is 0.316 e. The first-order chi connectivity index (χ1) is 15.0. The van der Waals surface area contributed by atoms with Crippen molar-refractivity contribution in [2.75, 3.05) is 12.4 Å². The Labute approximate surface area is 186 Å². The number of benzene rings is 2. The van der Waals surface area contributed by atoms with E-state index in [4.69, 9.17) is 9.72 Å². The van der Waals surface area contributed by atoms with Crippen molar-refractivity contribution in [1.29, 1.82) is 0 Å². The van der Waals surface area contributed by atoms with Gasteiger partial charge in [0.25, 0.3) is 5.56 Å². The molecule has 0 spiro atoms. The van der Waals surface area contributed by atoms with Gasteiger partial charge in [-0.2, -0.15) is 0 Å². The summed E-state index contributed by atoms with van der Waals surface area (Å²) in [7, 11) is 0. The van der Waals surface area contributed by atoms with Gasteiger partial charge in [0.15, 0.2) is 5.16 Å². The Morgan fingerprint density at radius 3 is 2.55 bits per heavy atom. The maximum absolute atomic E-state index is 14.0. The number of para-hydroxylation sites is 1. The van der Waals surface area contributed by atoms with Gasteiger partial charge >= 0.3 is 5.97 Å². The predicted molar refractivity (Wildman–Crippen MR) is 124 cm³/mol. The summed E-state index contributed by atoms with van der Waals surface area (Å²) in [6, 6.07) is 17.6. The lowest BCUT2D eigenvalue weighted by Crippen LogP contribution is -2.39. The van der Waals surface area contributed by atoms with Crippen molar-refractivity contribution in [1.82, 2.24) is 9.55 Å². The topological polar surface area (TPSA) is 61.2 Å². The van der Waals surface area contributed by atoms with E-state index in [1.807, 2.05) is 48.5 Å². The Balaban J connectivity index is 1.97. The summed E-state index contributed by atoms with van der Waals surface area (Å²) in [5.74, 6) is -0.226. The van der Waals surface area contributed by atoms with Crippen LogP contribution in [0.15, 0.2) is 64.5 Å². The molecule has 0 N–H and O–H groups in total. The Morgan fingerprint density at radius 1 is 1.13 bits per heavy atom. The second-order valence-corrected chi connectivity index (χ2v) is 8.88. The highest BCUT2D eigenvalue weighted by molar-refractivity contribution is 7.99.